The molecule has 0 aromatic carbocycles. The van der Waals surface area contributed by atoms with Gasteiger partial charge in [0.05, 0.1) is 5.75 Å². The van der Waals surface area contributed by atoms with Crippen molar-refractivity contribution >= 4 is 17.7 Å². The van der Waals surface area contributed by atoms with Crippen LogP contribution in [0.25, 0.3) is 0 Å². The Hall–Kier alpha value is -0.320. The van der Waals surface area contributed by atoms with Crippen LogP contribution in [0.3, 0.4) is 0 Å². The number of rotatable bonds is 3. The average Bonchev–Trinajstić information content (AvgIpc) is 2.01. The molecule has 1 fully saturated rings. The van der Waals surface area contributed by atoms with E-state index < -0.39 is 17.8 Å². The highest BCUT2D eigenvalue weighted by Crippen LogP contribution is 2.39. The molecule has 1 heterocycles. The summed E-state index contributed by atoms with van der Waals surface area (Å²) < 4.78 is 26.2. The minimum absolute atomic E-state index is 0.100. The van der Waals surface area contributed by atoms with E-state index in [-0.39, 0.29) is 18.6 Å². The van der Waals surface area contributed by atoms with E-state index in [1.54, 1.807) is 0 Å². The molecule has 2 nitrogen and oxygen atoms in total. The number of carboxylic acid groups (broad SMARTS) is 1. The van der Waals surface area contributed by atoms with Crippen LogP contribution in [0.15, 0.2) is 0 Å². The summed E-state index contributed by atoms with van der Waals surface area (Å²) in [5, 5.41) is 8.36. The summed E-state index contributed by atoms with van der Waals surface area (Å²) in [4.78, 5) is 10.2. The molecule has 1 saturated heterocycles. The lowest BCUT2D eigenvalue weighted by Gasteiger charge is -2.30. The van der Waals surface area contributed by atoms with Crippen LogP contribution < -0.4 is 0 Å². The largest absolute Gasteiger partial charge is 0.481 e. The number of alkyl halides is 2. The van der Waals surface area contributed by atoms with Gasteiger partial charge >= 0.3 is 5.97 Å². The molecule has 0 spiro atoms. The Kier molecular flexibility index (Phi) is 3.53. The molecule has 0 saturated carbocycles. The van der Waals surface area contributed by atoms with E-state index in [0.717, 1.165) is 5.75 Å². The molecule has 1 aliphatic heterocycles. The fourth-order valence-corrected chi connectivity index (χ4v) is 2.52. The SMILES string of the molecule is O=C(O)CCC1CCSCC1(F)F. The quantitative estimate of drug-likeness (QED) is 0.776. The fourth-order valence-electron chi connectivity index (χ4n) is 1.42. The smallest absolute Gasteiger partial charge is 0.303 e. The lowest BCUT2D eigenvalue weighted by Crippen LogP contribution is -2.35. The molecule has 5 heteroatoms. The van der Waals surface area contributed by atoms with E-state index >= 15 is 0 Å². The van der Waals surface area contributed by atoms with Crippen LogP contribution in [0.1, 0.15) is 19.3 Å². The van der Waals surface area contributed by atoms with Gasteiger partial charge in [0.1, 0.15) is 0 Å². The Morgan fingerprint density at radius 1 is 1.62 bits per heavy atom. The zero-order chi connectivity index (χ0) is 9.90. The summed E-state index contributed by atoms with van der Waals surface area (Å²) in [5.74, 6) is -3.82. The third-order valence-corrected chi connectivity index (χ3v) is 3.32. The van der Waals surface area contributed by atoms with Crippen molar-refractivity contribution in [1.29, 1.82) is 0 Å². The van der Waals surface area contributed by atoms with Crippen LogP contribution in [0.4, 0.5) is 8.78 Å². The second-order valence-corrected chi connectivity index (χ2v) is 4.34. The summed E-state index contributed by atoms with van der Waals surface area (Å²) in [7, 11) is 0. The van der Waals surface area contributed by atoms with Crippen LogP contribution >= 0.6 is 11.8 Å². The Morgan fingerprint density at radius 2 is 2.31 bits per heavy atom. The number of hydrogen-bond acceptors (Lipinski definition) is 2. The van der Waals surface area contributed by atoms with Crippen LogP contribution in [0.5, 0.6) is 0 Å². The first kappa shape index (κ1) is 10.8. The summed E-state index contributed by atoms with van der Waals surface area (Å²) in [6.45, 7) is 0. The molecular weight excluding hydrogens is 198 g/mol. The molecule has 0 bridgehead atoms. The van der Waals surface area contributed by atoms with E-state index in [0.29, 0.717) is 6.42 Å². The molecule has 0 amide bonds. The van der Waals surface area contributed by atoms with Gasteiger partial charge in [-0.1, -0.05) is 0 Å². The minimum atomic E-state index is -2.67. The molecule has 0 aromatic rings. The topological polar surface area (TPSA) is 37.3 Å². The van der Waals surface area contributed by atoms with Crippen LogP contribution in [0, 0.1) is 5.92 Å². The van der Waals surface area contributed by atoms with Crippen molar-refractivity contribution in [3.63, 3.8) is 0 Å². The van der Waals surface area contributed by atoms with Crippen molar-refractivity contribution in [2.24, 2.45) is 5.92 Å². The second-order valence-electron chi connectivity index (χ2n) is 3.23. The van der Waals surface area contributed by atoms with Crippen LogP contribution in [0.2, 0.25) is 0 Å². The number of halogens is 2. The van der Waals surface area contributed by atoms with Gasteiger partial charge in [0, 0.05) is 12.3 Å². The maximum Gasteiger partial charge on any atom is 0.303 e. The van der Waals surface area contributed by atoms with E-state index in [4.69, 9.17) is 5.11 Å². The highest BCUT2D eigenvalue weighted by atomic mass is 32.2. The molecule has 1 rings (SSSR count). The first-order valence-electron chi connectivity index (χ1n) is 4.20. The van der Waals surface area contributed by atoms with Crippen molar-refractivity contribution in [2.75, 3.05) is 11.5 Å². The van der Waals surface area contributed by atoms with Crippen LogP contribution in [-0.2, 0) is 4.79 Å². The molecule has 0 radical (unpaired) electrons. The summed E-state index contributed by atoms with van der Waals surface area (Å²) >= 11 is 1.24. The minimum Gasteiger partial charge on any atom is -0.481 e. The number of carboxylic acids is 1. The summed E-state index contributed by atoms with van der Waals surface area (Å²) in [5.41, 5.74) is 0. The predicted octanol–water partition coefficient (Wildman–Crippen LogP) is 2.24. The predicted molar refractivity (Wildman–Crippen MR) is 47.2 cm³/mol. The van der Waals surface area contributed by atoms with Gasteiger partial charge in [-0.05, 0) is 18.6 Å². The first-order chi connectivity index (χ1) is 6.02. The van der Waals surface area contributed by atoms with Gasteiger partial charge in [-0.25, -0.2) is 8.78 Å². The van der Waals surface area contributed by atoms with Gasteiger partial charge in [-0.15, -0.1) is 0 Å². The Bertz CT molecular complexity index is 197. The maximum atomic E-state index is 13.1. The second kappa shape index (κ2) is 4.26. The molecule has 1 atom stereocenters. The number of hydrogen-bond donors (Lipinski definition) is 1. The highest BCUT2D eigenvalue weighted by molar-refractivity contribution is 7.99. The highest BCUT2D eigenvalue weighted by Gasteiger charge is 2.41. The van der Waals surface area contributed by atoms with Crippen molar-refractivity contribution in [2.45, 2.75) is 25.2 Å². The van der Waals surface area contributed by atoms with E-state index in [1.807, 2.05) is 0 Å². The van der Waals surface area contributed by atoms with E-state index in [2.05, 4.69) is 0 Å². The van der Waals surface area contributed by atoms with E-state index in [9.17, 15) is 13.6 Å². The molecule has 0 aliphatic carbocycles. The van der Waals surface area contributed by atoms with Gasteiger partial charge in [-0.2, -0.15) is 11.8 Å². The van der Waals surface area contributed by atoms with Gasteiger partial charge < -0.3 is 5.11 Å². The normalized spacial score (nSPS) is 27.1. The third kappa shape index (κ3) is 3.14. The van der Waals surface area contributed by atoms with Gasteiger partial charge in [0.15, 0.2) is 0 Å². The maximum absolute atomic E-state index is 13.1. The number of aliphatic carboxylic acids is 1. The molecule has 0 aromatic heterocycles. The van der Waals surface area contributed by atoms with Crippen LogP contribution in [-0.4, -0.2) is 28.5 Å². The number of carbonyl (C=O) groups is 1. The number of thioether (sulfide) groups is 1. The van der Waals surface area contributed by atoms with E-state index in [1.165, 1.54) is 11.8 Å². The zero-order valence-electron chi connectivity index (χ0n) is 7.13. The fraction of sp³-hybridized carbons (Fsp3) is 0.875. The molecule has 1 aliphatic rings. The molecular formula is C8H12F2O2S. The lowest BCUT2D eigenvalue weighted by atomic mass is 9.94. The molecule has 1 N–H and O–H groups in total. The van der Waals surface area contributed by atoms with Gasteiger partial charge in [0.2, 0.25) is 0 Å². The molecule has 1 unspecified atom stereocenters. The lowest BCUT2D eigenvalue weighted by molar-refractivity contribution is -0.138. The third-order valence-electron chi connectivity index (χ3n) is 2.21. The average molecular weight is 210 g/mol. The van der Waals surface area contributed by atoms with Gasteiger partial charge in [-0.3, -0.25) is 4.79 Å². The monoisotopic (exact) mass is 210 g/mol. The summed E-state index contributed by atoms with van der Waals surface area (Å²) in [6.07, 6.45) is 0.388. The van der Waals surface area contributed by atoms with Crippen molar-refractivity contribution in [3.8, 4) is 0 Å². The Morgan fingerprint density at radius 3 is 2.85 bits per heavy atom. The summed E-state index contributed by atoms with van der Waals surface area (Å²) in [6, 6.07) is 0. The first-order valence-corrected chi connectivity index (χ1v) is 5.35. The molecule has 76 valence electrons. The Balaban J connectivity index is 2.41. The van der Waals surface area contributed by atoms with Crippen molar-refractivity contribution in [3.05, 3.63) is 0 Å². The standard InChI is InChI=1S/C8H12F2O2S/c9-8(10)5-13-4-3-6(8)1-2-7(11)12/h6H,1-5H2,(H,11,12). The Labute approximate surface area is 79.7 Å². The van der Waals surface area contributed by atoms with Crippen molar-refractivity contribution in [1.82, 2.24) is 0 Å². The van der Waals surface area contributed by atoms with Gasteiger partial charge in [0.25, 0.3) is 5.92 Å². The van der Waals surface area contributed by atoms with Crippen molar-refractivity contribution < 1.29 is 18.7 Å². The molecule has 13 heavy (non-hydrogen) atoms. The zero-order valence-corrected chi connectivity index (χ0v) is 7.95.